The van der Waals surface area contributed by atoms with E-state index in [-0.39, 0.29) is 30.5 Å². The van der Waals surface area contributed by atoms with Gasteiger partial charge in [0.2, 0.25) is 0 Å². The van der Waals surface area contributed by atoms with E-state index in [1.54, 1.807) is 12.2 Å². The maximum atomic E-state index is 11.8. The molecule has 5 nitrogen and oxygen atoms in total. The number of carboxylic acid groups (broad SMARTS) is 1. The fourth-order valence-corrected chi connectivity index (χ4v) is 2.97. The van der Waals surface area contributed by atoms with Crippen LogP contribution < -0.4 is 0 Å². The maximum Gasteiger partial charge on any atom is 0.303 e. The summed E-state index contributed by atoms with van der Waals surface area (Å²) in [4.78, 5) is 22.2. The van der Waals surface area contributed by atoms with E-state index in [0.717, 1.165) is 19.3 Å². The van der Waals surface area contributed by atoms with Crippen LogP contribution in [0.1, 0.15) is 51.9 Å². The van der Waals surface area contributed by atoms with E-state index >= 15 is 0 Å². The number of hydrogen-bond donors (Lipinski definition) is 3. The van der Waals surface area contributed by atoms with Crippen molar-refractivity contribution in [2.75, 3.05) is 0 Å². The van der Waals surface area contributed by atoms with Crippen LogP contribution >= 0.6 is 0 Å². The normalized spacial score (nSPS) is 26.4. The van der Waals surface area contributed by atoms with Gasteiger partial charge < -0.3 is 15.3 Å². The van der Waals surface area contributed by atoms with Crippen molar-refractivity contribution < 1.29 is 24.9 Å². The predicted molar refractivity (Wildman–Crippen MR) is 87.9 cm³/mol. The van der Waals surface area contributed by atoms with Gasteiger partial charge in [-0.2, -0.15) is 0 Å². The second-order valence-corrected chi connectivity index (χ2v) is 6.13. The Balaban J connectivity index is 2.28. The van der Waals surface area contributed by atoms with Crippen LogP contribution in [0, 0.1) is 11.8 Å². The molecule has 1 saturated carbocycles. The molecule has 1 rings (SSSR count). The van der Waals surface area contributed by atoms with Gasteiger partial charge in [-0.1, -0.05) is 31.2 Å². The third-order valence-corrected chi connectivity index (χ3v) is 4.31. The number of allylic oxidation sites excluding steroid dienone is 2. The minimum atomic E-state index is -0.772. The van der Waals surface area contributed by atoms with Crippen LogP contribution in [0.15, 0.2) is 24.3 Å². The van der Waals surface area contributed by atoms with Crippen molar-refractivity contribution >= 4 is 11.8 Å². The van der Waals surface area contributed by atoms with Crippen LogP contribution in [0.5, 0.6) is 0 Å². The van der Waals surface area contributed by atoms with Crippen LogP contribution in [0.3, 0.4) is 0 Å². The highest BCUT2D eigenvalue weighted by atomic mass is 16.4. The predicted octanol–water partition coefficient (Wildman–Crippen LogP) is 2.47. The van der Waals surface area contributed by atoms with Gasteiger partial charge in [0.05, 0.1) is 12.2 Å². The number of aliphatic hydroxyl groups excluding tert-OH is 2. The number of carboxylic acids is 1. The molecule has 0 unspecified atom stereocenters. The van der Waals surface area contributed by atoms with Crippen LogP contribution in [-0.4, -0.2) is 39.3 Å². The number of Topliss-reactive ketones (excluding diaryl/α,β-unsaturated/α-hetero) is 1. The number of hydrogen-bond acceptors (Lipinski definition) is 4. The van der Waals surface area contributed by atoms with Gasteiger partial charge in [0.25, 0.3) is 0 Å². The van der Waals surface area contributed by atoms with Gasteiger partial charge in [0, 0.05) is 18.8 Å². The summed E-state index contributed by atoms with van der Waals surface area (Å²) in [6.07, 6.45) is 9.87. The standard InChI is InChI=1S/C18H28O5/c1-2-14-15(17(21)12-16(14)20)11-10-13(19)8-6-4-3-5-7-9-18(22)23/h4,6,10-11,13-16,19-20H,2-3,5,7-9,12H2,1H3,(H,22,23)/b6-4-,11-10+/t13-,14-,15+,16-/m0/s1. The first kappa shape index (κ1) is 19.6. The second kappa shape index (κ2) is 10.3. The van der Waals surface area contributed by atoms with Crippen molar-refractivity contribution in [3.8, 4) is 0 Å². The van der Waals surface area contributed by atoms with Gasteiger partial charge in [0.1, 0.15) is 5.78 Å². The number of ketones is 1. The summed E-state index contributed by atoms with van der Waals surface area (Å²) in [6, 6.07) is 0. The van der Waals surface area contributed by atoms with E-state index in [1.165, 1.54) is 0 Å². The molecule has 0 amide bonds. The Bertz CT molecular complexity index is 441. The van der Waals surface area contributed by atoms with E-state index in [9.17, 15) is 19.8 Å². The number of unbranched alkanes of at least 4 members (excludes halogenated alkanes) is 2. The van der Waals surface area contributed by atoms with Crippen molar-refractivity contribution in [3.05, 3.63) is 24.3 Å². The highest BCUT2D eigenvalue weighted by Crippen LogP contribution is 2.32. The van der Waals surface area contributed by atoms with Crippen molar-refractivity contribution in [1.82, 2.24) is 0 Å². The molecule has 0 aromatic heterocycles. The van der Waals surface area contributed by atoms with E-state index < -0.39 is 18.2 Å². The Hall–Kier alpha value is -1.46. The van der Waals surface area contributed by atoms with E-state index in [4.69, 9.17) is 5.11 Å². The fourth-order valence-electron chi connectivity index (χ4n) is 2.97. The molecular weight excluding hydrogens is 296 g/mol. The Kier molecular flexibility index (Phi) is 8.81. The first-order valence-electron chi connectivity index (χ1n) is 8.39. The first-order valence-corrected chi connectivity index (χ1v) is 8.39. The van der Waals surface area contributed by atoms with Crippen LogP contribution in [0.4, 0.5) is 0 Å². The number of aliphatic hydroxyl groups is 2. The van der Waals surface area contributed by atoms with E-state index in [0.29, 0.717) is 12.8 Å². The summed E-state index contributed by atoms with van der Waals surface area (Å²) in [7, 11) is 0. The lowest BCUT2D eigenvalue weighted by atomic mass is 9.91. The van der Waals surface area contributed by atoms with Gasteiger partial charge in [-0.15, -0.1) is 0 Å². The Morgan fingerprint density at radius 1 is 1.35 bits per heavy atom. The topological polar surface area (TPSA) is 94.8 Å². The molecule has 23 heavy (non-hydrogen) atoms. The van der Waals surface area contributed by atoms with Crippen molar-refractivity contribution in [1.29, 1.82) is 0 Å². The zero-order valence-electron chi connectivity index (χ0n) is 13.7. The molecule has 1 fully saturated rings. The molecule has 1 aliphatic rings. The molecule has 0 aromatic carbocycles. The van der Waals surface area contributed by atoms with Crippen molar-refractivity contribution in [2.45, 2.75) is 64.1 Å². The number of aliphatic carboxylic acids is 1. The minimum absolute atomic E-state index is 0.0433. The lowest BCUT2D eigenvalue weighted by Gasteiger charge is -2.16. The molecule has 0 saturated heterocycles. The Labute approximate surface area is 137 Å². The summed E-state index contributed by atoms with van der Waals surface area (Å²) in [5, 5.41) is 28.2. The smallest absolute Gasteiger partial charge is 0.303 e. The van der Waals surface area contributed by atoms with Gasteiger partial charge in [-0.3, -0.25) is 9.59 Å². The number of carbonyl (C=O) groups is 2. The maximum absolute atomic E-state index is 11.8. The molecule has 1 aliphatic carbocycles. The largest absolute Gasteiger partial charge is 0.481 e. The van der Waals surface area contributed by atoms with Crippen LogP contribution in [-0.2, 0) is 9.59 Å². The molecule has 0 spiro atoms. The summed E-state index contributed by atoms with van der Waals surface area (Å²) in [5.74, 6) is -1.06. The average Bonchev–Trinajstić information content (AvgIpc) is 2.76. The first-order chi connectivity index (χ1) is 11.0. The third-order valence-electron chi connectivity index (χ3n) is 4.31. The molecule has 0 radical (unpaired) electrons. The summed E-state index contributed by atoms with van der Waals surface area (Å²) in [6.45, 7) is 1.96. The molecule has 0 aromatic rings. The minimum Gasteiger partial charge on any atom is -0.481 e. The van der Waals surface area contributed by atoms with Crippen molar-refractivity contribution in [2.24, 2.45) is 11.8 Å². The lowest BCUT2D eigenvalue weighted by Crippen LogP contribution is -2.18. The van der Waals surface area contributed by atoms with Crippen LogP contribution in [0.25, 0.3) is 0 Å². The number of rotatable bonds is 10. The SMILES string of the molecule is CC[C@@H]1[C@@H](O)CC(=O)[C@@H]1/C=C/[C@@H](O)C/C=C\CCCCC(=O)O. The Morgan fingerprint density at radius 3 is 2.74 bits per heavy atom. The van der Waals surface area contributed by atoms with Gasteiger partial charge in [0.15, 0.2) is 0 Å². The summed E-state index contributed by atoms with van der Waals surface area (Å²) in [5.41, 5.74) is 0. The quantitative estimate of drug-likeness (QED) is 0.424. The summed E-state index contributed by atoms with van der Waals surface area (Å²) >= 11 is 0. The monoisotopic (exact) mass is 324 g/mol. The molecule has 0 bridgehead atoms. The molecule has 5 heteroatoms. The molecule has 0 aliphatic heterocycles. The lowest BCUT2D eigenvalue weighted by molar-refractivity contribution is -0.137. The third kappa shape index (κ3) is 7.10. The van der Waals surface area contributed by atoms with Gasteiger partial charge in [-0.25, -0.2) is 0 Å². The molecular formula is C18H28O5. The molecule has 3 N–H and O–H groups in total. The average molecular weight is 324 g/mol. The highest BCUT2D eigenvalue weighted by molar-refractivity contribution is 5.85. The Morgan fingerprint density at radius 2 is 2.09 bits per heavy atom. The highest BCUT2D eigenvalue weighted by Gasteiger charge is 2.38. The van der Waals surface area contributed by atoms with E-state index in [1.807, 2.05) is 19.1 Å². The zero-order valence-corrected chi connectivity index (χ0v) is 13.7. The zero-order chi connectivity index (χ0) is 17.2. The van der Waals surface area contributed by atoms with Gasteiger partial charge in [-0.05, 0) is 38.0 Å². The van der Waals surface area contributed by atoms with Gasteiger partial charge >= 0.3 is 5.97 Å². The second-order valence-electron chi connectivity index (χ2n) is 6.13. The molecule has 0 heterocycles. The van der Waals surface area contributed by atoms with E-state index in [2.05, 4.69) is 0 Å². The fraction of sp³-hybridized carbons (Fsp3) is 0.667. The molecule has 130 valence electrons. The summed E-state index contributed by atoms with van der Waals surface area (Å²) < 4.78 is 0. The van der Waals surface area contributed by atoms with Crippen molar-refractivity contribution in [3.63, 3.8) is 0 Å². The van der Waals surface area contributed by atoms with Crippen LogP contribution in [0.2, 0.25) is 0 Å². The number of carbonyl (C=O) groups excluding carboxylic acids is 1. The molecule has 4 atom stereocenters.